The van der Waals surface area contributed by atoms with Gasteiger partial charge in [-0.3, -0.25) is 0 Å². The van der Waals surface area contributed by atoms with Gasteiger partial charge in [0.2, 0.25) is 0 Å². The van der Waals surface area contributed by atoms with Gasteiger partial charge in [0.15, 0.2) is 11.0 Å². The summed E-state index contributed by atoms with van der Waals surface area (Å²) in [5, 5.41) is 13.5. The second kappa shape index (κ2) is 4.90. The summed E-state index contributed by atoms with van der Waals surface area (Å²) < 4.78 is 5.50. The number of halogens is 1. The van der Waals surface area contributed by atoms with Crippen molar-refractivity contribution in [2.75, 3.05) is 5.32 Å². The van der Waals surface area contributed by atoms with Crippen molar-refractivity contribution in [3.05, 3.63) is 53.1 Å². The van der Waals surface area contributed by atoms with Crippen LogP contribution in [-0.4, -0.2) is 10.2 Å². The van der Waals surface area contributed by atoms with Gasteiger partial charge in [-0.2, -0.15) is 0 Å². The number of aryl methyl sites for hydroxylation is 1. The van der Waals surface area contributed by atoms with Gasteiger partial charge in [-0.15, -0.1) is 10.2 Å². The molecule has 2 aromatic heterocycles. The Morgan fingerprint density at radius 2 is 1.89 bits per heavy atom. The zero-order valence-electron chi connectivity index (χ0n) is 10.4. The first-order valence-corrected chi connectivity index (χ1v) is 6.32. The summed E-state index contributed by atoms with van der Waals surface area (Å²) in [6, 6.07) is 11.6. The molecule has 4 nitrogen and oxygen atoms in total. The third-order valence-electron chi connectivity index (χ3n) is 2.87. The number of aromatic nitrogens is 2. The molecule has 0 amide bonds. The molecular formula is C14H12ClN3O. The second-order valence-electron chi connectivity index (χ2n) is 4.25. The maximum Gasteiger partial charge on any atom is 0.159 e. The Labute approximate surface area is 115 Å². The minimum absolute atomic E-state index is 0.412. The second-order valence-corrected chi connectivity index (χ2v) is 4.61. The van der Waals surface area contributed by atoms with Crippen molar-refractivity contribution in [3.63, 3.8) is 0 Å². The average Bonchev–Trinajstić information content (AvgIpc) is 2.84. The van der Waals surface area contributed by atoms with Crippen LogP contribution in [0.1, 0.15) is 11.5 Å². The van der Waals surface area contributed by atoms with E-state index in [-0.39, 0.29) is 0 Å². The van der Waals surface area contributed by atoms with E-state index in [4.69, 9.17) is 16.0 Å². The van der Waals surface area contributed by atoms with Crippen molar-refractivity contribution >= 4 is 28.2 Å². The van der Waals surface area contributed by atoms with Crippen LogP contribution in [0.3, 0.4) is 0 Å². The Morgan fingerprint density at radius 1 is 1.11 bits per heavy atom. The Morgan fingerprint density at radius 3 is 2.63 bits per heavy atom. The van der Waals surface area contributed by atoms with Crippen LogP contribution in [0.5, 0.6) is 0 Å². The fourth-order valence-corrected chi connectivity index (χ4v) is 2.16. The lowest BCUT2D eigenvalue weighted by Crippen LogP contribution is -2.02. The molecule has 3 aromatic rings. The zero-order chi connectivity index (χ0) is 13.2. The summed E-state index contributed by atoms with van der Waals surface area (Å²) in [5.74, 6) is 2.45. The number of hydrogen-bond acceptors (Lipinski definition) is 4. The maximum atomic E-state index is 6.03. The molecule has 1 aromatic carbocycles. The van der Waals surface area contributed by atoms with E-state index >= 15 is 0 Å². The summed E-state index contributed by atoms with van der Waals surface area (Å²) in [4.78, 5) is 0. The molecule has 0 spiro atoms. The van der Waals surface area contributed by atoms with Gasteiger partial charge in [0.25, 0.3) is 0 Å². The first kappa shape index (κ1) is 12.0. The SMILES string of the molecule is Cc1ccc(CNc2nnc(Cl)c3ccccc23)o1. The van der Waals surface area contributed by atoms with E-state index in [0.717, 1.165) is 22.3 Å². The van der Waals surface area contributed by atoms with Gasteiger partial charge in [0, 0.05) is 10.8 Å². The molecule has 1 N–H and O–H groups in total. The van der Waals surface area contributed by atoms with Gasteiger partial charge in [0.05, 0.1) is 6.54 Å². The molecule has 0 aliphatic rings. The smallest absolute Gasteiger partial charge is 0.159 e. The summed E-state index contributed by atoms with van der Waals surface area (Å²) in [5.41, 5.74) is 0. The summed E-state index contributed by atoms with van der Waals surface area (Å²) in [6.07, 6.45) is 0. The van der Waals surface area contributed by atoms with Crippen molar-refractivity contribution in [1.29, 1.82) is 0 Å². The largest absolute Gasteiger partial charge is 0.465 e. The van der Waals surface area contributed by atoms with Gasteiger partial charge >= 0.3 is 0 Å². The van der Waals surface area contributed by atoms with Crippen molar-refractivity contribution in [2.24, 2.45) is 0 Å². The lowest BCUT2D eigenvalue weighted by molar-refractivity contribution is 0.490. The van der Waals surface area contributed by atoms with Crippen LogP contribution >= 0.6 is 11.6 Å². The number of nitrogens with one attached hydrogen (secondary N) is 1. The maximum absolute atomic E-state index is 6.03. The van der Waals surface area contributed by atoms with Gasteiger partial charge < -0.3 is 9.73 Å². The van der Waals surface area contributed by atoms with E-state index in [0.29, 0.717) is 17.5 Å². The van der Waals surface area contributed by atoms with Crippen LogP contribution in [-0.2, 0) is 6.54 Å². The molecule has 2 heterocycles. The standard InChI is InChI=1S/C14H12ClN3O/c1-9-6-7-10(19-9)8-16-14-12-5-3-2-4-11(12)13(15)17-18-14/h2-7H,8H2,1H3,(H,16,18). The minimum Gasteiger partial charge on any atom is -0.465 e. The van der Waals surface area contributed by atoms with Gasteiger partial charge in [-0.1, -0.05) is 35.9 Å². The van der Waals surface area contributed by atoms with Crippen molar-refractivity contribution in [1.82, 2.24) is 10.2 Å². The molecule has 96 valence electrons. The molecule has 0 radical (unpaired) electrons. The highest BCUT2D eigenvalue weighted by atomic mass is 35.5. The first-order chi connectivity index (χ1) is 9.24. The van der Waals surface area contributed by atoms with E-state index in [2.05, 4.69) is 15.5 Å². The third kappa shape index (κ3) is 2.39. The summed E-state index contributed by atoms with van der Waals surface area (Å²) in [6.45, 7) is 2.48. The fourth-order valence-electron chi connectivity index (χ4n) is 1.95. The highest BCUT2D eigenvalue weighted by Crippen LogP contribution is 2.25. The average molecular weight is 274 g/mol. The van der Waals surface area contributed by atoms with Crippen LogP contribution in [0.25, 0.3) is 10.8 Å². The molecular weight excluding hydrogens is 262 g/mol. The number of fused-ring (bicyclic) bond motifs is 1. The van der Waals surface area contributed by atoms with E-state index < -0.39 is 0 Å². The zero-order valence-corrected chi connectivity index (χ0v) is 11.1. The molecule has 0 fully saturated rings. The van der Waals surface area contributed by atoms with Crippen LogP contribution in [0.4, 0.5) is 5.82 Å². The topological polar surface area (TPSA) is 51.0 Å². The Balaban J connectivity index is 1.91. The lowest BCUT2D eigenvalue weighted by atomic mass is 10.2. The van der Waals surface area contributed by atoms with Gasteiger partial charge in [0.1, 0.15) is 11.5 Å². The van der Waals surface area contributed by atoms with E-state index in [1.807, 2.05) is 43.3 Å². The lowest BCUT2D eigenvalue weighted by Gasteiger charge is -2.07. The van der Waals surface area contributed by atoms with Crippen molar-refractivity contribution in [2.45, 2.75) is 13.5 Å². The molecule has 5 heteroatoms. The van der Waals surface area contributed by atoms with Crippen LogP contribution in [0, 0.1) is 6.92 Å². The minimum atomic E-state index is 0.412. The number of benzene rings is 1. The molecule has 0 atom stereocenters. The highest BCUT2D eigenvalue weighted by Gasteiger charge is 2.07. The van der Waals surface area contributed by atoms with Crippen LogP contribution < -0.4 is 5.32 Å². The molecule has 0 bridgehead atoms. The Kier molecular flexibility index (Phi) is 3.09. The monoisotopic (exact) mass is 273 g/mol. The normalized spacial score (nSPS) is 10.8. The predicted octanol–water partition coefficient (Wildman–Crippen LogP) is 3.80. The predicted molar refractivity (Wildman–Crippen MR) is 75.3 cm³/mol. The van der Waals surface area contributed by atoms with E-state index in [1.165, 1.54) is 0 Å². The molecule has 0 unspecified atom stereocenters. The molecule has 0 aliphatic carbocycles. The quantitative estimate of drug-likeness (QED) is 0.789. The molecule has 0 saturated heterocycles. The van der Waals surface area contributed by atoms with Gasteiger partial charge in [-0.25, -0.2) is 0 Å². The van der Waals surface area contributed by atoms with Crippen molar-refractivity contribution < 1.29 is 4.42 Å². The van der Waals surface area contributed by atoms with E-state index in [9.17, 15) is 0 Å². The Hall–Kier alpha value is -2.07. The number of rotatable bonds is 3. The number of anilines is 1. The molecule has 19 heavy (non-hydrogen) atoms. The fraction of sp³-hybridized carbons (Fsp3) is 0.143. The van der Waals surface area contributed by atoms with Gasteiger partial charge in [-0.05, 0) is 19.1 Å². The third-order valence-corrected chi connectivity index (χ3v) is 3.15. The summed E-state index contributed by atoms with van der Waals surface area (Å²) >= 11 is 6.03. The van der Waals surface area contributed by atoms with Crippen molar-refractivity contribution in [3.8, 4) is 0 Å². The number of furan rings is 1. The van der Waals surface area contributed by atoms with Crippen LogP contribution in [0.2, 0.25) is 5.15 Å². The molecule has 3 rings (SSSR count). The molecule has 0 aliphatic heterocycles. The Bertz CT molecular complexity index is 724. The van der Waals surface area contributed by atoms with E-state index in [1.54, 1.807) is 0 Å². The van der Waals surface area contributed by atoms with Crippen LogP contribution in [0.15, 0.2) is 40.8 Å². The molecule has 0 saturated carbocycles. The summed E-state index contributed by atoms with van der Waals surface area (Å²) in [7, 11) is 0. The first-order valence-electron chi connectivity index (χ1n) is 5.94. The number of nitrogens with zero attached hydrogens (tertiary/aromatic N) is 2. The number of hydrogen-bond donors (Lipinski definition) is 1. The highest BCUT2D eigenvalue weighted by molar-refractivity contribution is 6.34.